The first-order chi connectivity index (χ1) is 16.0. The molecule has 0 aliphatic heterocycles. The van der Waals surface area contributed by atoms with Gasteiger partial charge in [0.1, 0.15) is 0 Å². The molecule has 0 bridgehead atoms. The molecule has 0 saturated carbocycles. The average Bonchev–Trinajstić information content (AvgIpc) is 2.72. The molecular weight excluding hydrogens is 656 g/mol. The predicted molar refractivity (Wildman–Crippen MR) is 136 cm³/mol. The zero-order chi connectivity index (χ0) is 28.9. The van der Waals surface area contributed by atoms with Gasteiger partial charge in [0.2, 0.25) is 12.3 Å². The monoisotopic (exact) mass is 688 g/mol. The topological polar surface area (TPSA) is 138 Å². The first-order valence-electron chi connectivity index (χ1n) is 11.0. The maximum absolute atomic E-state index is 14.4. The van der Waals surface area contributed by atoms with E-state index in [0.717, 1.165) is 0 Å². The second-order valence-corrected chi connectivity index (χ2v) is 14.0. The normalized spacial score (nSPS) is 16.2. The third kappa shape index (κ3) is 13.2. The standard InChI is InChI=1S/C24H36Br2F2N2O6.2Na/c1-13(21(3,4)11-23(7,25)19(33)34)9-29-17(31)15(27)16(28)18(32)30-10-14(2)22(5,6)12-24(8,26)20(35)36;;/h15-16H,1-2,9-12H2,3-8H3,(H,29,31)(H,30,32)(H,33,34)(H,35,36);;/q;2*+1/p-2. The smallest absolute Gasteiger partial charge is 0.549 e. The summed E-state index contributed by atoms with van der Waals surface area (Å²) in [5, 5.41) is 26.8. The number of nitrogens with one attached hydrogen (secondary N) is 2. The van der Waals surface area contributed by atoms with Gasteiger partial charge in [-0.1, -0.05) is 83.9 Å². The van der Waals surface area contributed by atoms with Crippen LogP contribution in [0.1, 0.15) is 54.4 Å². The molecule has 0 aliphatic carbocycles. The summed E-state index contributed by atoms with van der Waals surface area (Å²) in [4.78, 5) is 46.6. The van der Waals surface area contributed by atoms with Gasteiger partial charge in [0, 0.05) is 13.1 Å². The Morgan fingerprint density at radius 3 is 1.16 bits per heavy atom. The number of carboxylic acids is 2. The van der Waals surface area contributed by atoms with Crippen molar-refractivity contribution in [2.75, 3.05) is 13.1 Å². The number of carbonyl (C=O) groups is 4. The van der Waals surface area contributed by atoms with E-state index in [2.05, 4.69) is 55.7 Å². The van der Waals surface area contributed by atoms with Crippen LogP contribution < -0.4 is 80.0 Å². The minimum absolute atomic E-state index is 0. The van der Waals surface area contributed by atoms with E-state index in [9.17, 15) is 38.2 Å². The first-order valence-corrected chi connectivity index (χ1v) is 12.6. The molecule has 14 heteroatoms. The van der Waals surface area contributed by atoms with E-state index < -0.39 is 55.6 Å². The molecule has 0 spiro atoms. The molecule has 0 radical (unpaired) electrons. The van der Waals surface area contributed by atoms with Gasteiger partial charge in [-0.3, -0.25) is 9.59 Å². The van der Waals surface area contributed by atoms with Crippen LogP contribution in [0, 0.1) is 10.8 Å². The zero-order valence-corrected chi connectivity index (χ0v) is 30.5. The van der Waals surface area contributed by atoms with Crippen molar-refractivity contribution in [1.82, 2.24) is 10.6 Å². The molecule has 0 aromatic rings. The second kappa shape index (κ2) is 16.6. The Hall–Kier alpha value is 0.180. The molecule has 0 aromatic carbocycles. The molecule has 0 fully saturated rings. The first kappa shape index (κ1) is 42.6. The largest absolute Gasteiger partial charge is 1.00 e. The SMILES string of the molecule is C=C(CNC(=O)C(F)C(F)C(=O)NCC(=C)C(C)(C)CC(C)(Br)C(=O)[O-])C(C)(C)CC(C)(Br)C(=O)[O-].[Na+].[Na+]. The fourth-order valence-corrected chi connectivity index (χ4v) is 4.78. The molecule has 0 aliphatic rings. The van der Waals surface area contributed by atoms with E-state index in [4.69, 9.17) is 0 Å². The Bertz CT molecular complexity index is 842. The Kier molecular flexibility index (Phi) is 18.6. The van der Waals surface area contributed by atoms with Crippen LogP contribution >= 0.6 is 31.9 Å². The van der Waals surface area contributed by atoms with Gasteiger partial charge in [-0.25, -0.2) is 8.78 Å². The number of aliphatic carboxylic acids is 2. The summed E-state index contributed by atoms with van der Waals surface area (Å²) >= 11 is 6.13. The zero-order valence-electron chi connectivity index (χ0n) is 23.4. The predicted octanol–water partition coefficient (Wildman–Crippen LogP) is -4.34. The van der Waals surface area contributed by atoms with Gasteiger partial charge in [0.25, 0.3) is 11.8 Å². The number of halogens is 4. The van der Waals surface area contributed by atoms with E-state index in [1.165, 1.54) is 13.8 Å². The Morgan fingerprint density at radius 1 is 0.711 bits per heavy atom. The van der Waals surface area contributed by atoms with Gasteiger partial charge in [0.05, 0.1) is 20.6 Å². The molecular formula is C24H34Br2F2N2Na2O6. The van der Waals surface area contributed by atoms with Crippen LogP contribution in [-0.4, -0.2) is 57.8 Å². The molecule has 38 heavy (non-hydrogen) atoms. The number of carboxylic acid groups (broad SMARTS) is 2. The van der Waals surface area contributed by atoms with E-state index in [1.54, 1.807) is 27.7 Å². The van der Waals surface area contributed by atoms with Crippen LogP contribution in [0.15, 0.2) is 24.3 Å². The maximum Gasteiger partial charge on any atom is 1.00 e. The van der Waals surface area contributed by atoms with Crippen molar-refractivity contribution in [3.8, 4) is 0 Å². The number of rotatable bonds is 15. The van der Waals surface area contributed by atoms with Gasteiger partial charge in [-0.05, 0) is 37.5 Å². The van der Waals surface area contributed by atoms with Gasteiger partial charge in [-0.2, -0.15) is 0 Å². The fourth-order valence-electron chi connectivity index (χ4n) is 3.38. The molecule has 0 saturated heterocycles. The summed E-state index contributed by atoms with van der Waals surface area (Å²) in [5.74, 6) is -5.43. The summed E-state index contributed by atoms with van der Waals surface area (Å²) in [7, 11) is 0. The molecule has 2 N–H and O–H groups in total. The molecule has 0 aromatic heterocycles. The fraction of sp³-hybridized carbons (Fsp3) is 0.667. The average molecular weight is 690 g/mol. The summed E-state index contributed by atoms with van der Waals surface area (Å²) in [6.07, 6.45) is -5.53. The molecule has 4 unspecified atom stereocenters. The van der Waals surface area contributed by atoms with Crippen molar-refractivity contribution in [2.24, 2.45) is 10.8 Å². The van der Waals surface area contributed by atoms with Crippen molar-refractivity contribution >= 4 is 55.6 Å². The number of amides is 2. The van der Waals surface area contributed by atoms with Crippen molar-refractivity contribution in [2.45, 2.75) is 75.4 Å². The van der Waals surface area contributed by atoms with Crippen molar-refractivity contribution in [3.05, 3.63) is 24.3 Å². The van der Waals surface area contributed by atoms with E-state index in [1.807, 2.05) is 0 Å². The Balaban J connectivity index is -0.00000612. The van der Waals surface area contributed by atoms with Crippen molar-refractivity contribution in [3.63, 3.8) is 0 Å². The minimum Gasteiger partial charge on any atom is -0.549 e. The minimum atomic E-state index is -2.81. The summed E-state index contributed by atoms with van der Waals surface area (Å²) in [6.45, 7) is 16.5. The third-order valence-electron chi connectivity index (χ3n) is 6.02. The molecule has 4 atom stereocenters. The quantitative estimate of drug-likeness (QED) is 0.101. The number of hydrogen-bond donors (Lipinski definition) is 2. The molecule has 0 heterocycles. The third-order valence-corrected chi connectivity index (χ3v) is 7.23. The Morgan fingerprint density at radius 2 is 0.947 bits per heavy atom. The van der Waals surface area contributed by atoms with Crippen LogP contribution in [0.2, 0.25) is 0 Å². The van der Waals surface area contributed by atoms with Crippen molar-refractivity contribution < 1.29 is 97.3 Å². The van der Waals surface area contributed by atoms with E-state index >= 15 is 0 Å². The summed E-state index contributed by atoms with van der Waals surface area (Å²) < 4.78 is 26.0. The van der Waals surface area contributed by atoms with Crippen LogP contribution in [0.3, 0.4) is 0 Å². The van der Waals surface area contributed by atoms with Crippen molar-refractivity contribution in [1.29, 1.82) is 0 Å². The van der Waals surface area contributed by atoms with Gasteiger partial charge in [-0.15, -0.1) is 0 Å². The molecule has 8 nitrogen and oxygen atoms in total. The Labute approximate surface area is 284 Å². The van der Waals surface area contributed by atoms with Crippen LogP contribution in [0.4, 0.5) is 8.78 Å². The molecule has 206 valence electrons. The van der Waals surface area contributed by atoms with Crippen LogP contribution in [0.25, 0.3) is 0 Å². The van der Waals surface area contributed by atoms with Crippen LogP contribution in [0.5, 0.6) is 0 Å². The van der Waals surface area contributed by atoms with E-state index in [0.29, 0.717) is 11.1 Å². The summed E-state index contributed by atoms with van der Waals surface area (Å²) in [6, 6.07) is 0. The van der Waals surface area contributed by atoms with Gasteiger partial charge in [0.15, 0.2) is 0 Å². The number of alkyl halides is 4. The van der Waals surface area contributed by atoms with E-state index in [-0.39, 0.29) is 85.0 Å². The maximum atomic E-state index is 14.4. The van der Waals surface area contributed by atoms with Gasteiger partial charge >= 0.3 is 59.1 Å². The molecule has 0 rings (SSSR count). The number of carbonyl (C=O) groups excluding carboxylic acids is 4. The van der Waals surface area contributed by atoms with Crippen LogP contribution in [-0.2, 0) is 19.2 Å². The second-order valence-electron chi connectivity index (χ2n) is 10.5. The summed E-state index contributed by atoms with van der Waals surface area (Å²) in [5.41, 5.74) is -0.940. The molecule has 2 amide bonds. The number of hydrogen-bond acceptors (Lipinski definition) is 6. The van der Waals surface area contributed by atoms with Gasteiger partial charge < -0.3 is 30.4 Å².